The number of aliphatic hydroxyl groups is 1. The smallest absolute Gasteiger partial charge is 0.126 e. The average molecular weight is 291 g/mol. The molecule has 2 rings (SSSR count). The largest absolute Gasteiger partial charge is 0.496 e. The van der Waals surface area contributed by atoms with Crippen molar-refractivity contribution in [2.75, 3.05) is 25.1 Å². The highest BCUT2D eigenvalue weighted by Crippen LogP contribution is 2.39. The van der Waals surface area contributed by atoms with Gasteiger partial charge in [-0.25, -0.2) is 0 Å². The molecular weight excluding hydrogens is 262 g/mol. The molecule has 1 aromatic carbocycles. The Labute approximate surface area is 128 Å². The van der Waals surface area contributed by atoms with Crippen molar-refractivity contribution in [2.45, 2.75) is 46.6 Å². The van der Waals surface area contributed by atoms with E-state index in [0.717, 1.165) is 36.0 Å². The Balaban J connectivity index is 2.21. The van der Waals surface area contributed by atoms with Gasteiger partial charge in [0.25, 0.3) is 0 Å². The van der Waals surface area contributed by atoms with E-state index in [1.165, 1.54) is 12.8 Å². The number of rotatable bonds is 3. The summed E-state index contributed by atoms with van der Waals surface area (Å²) in [4.78, 5) is 2.40. The summed E-state index contributed by atoms with van der Waals surface area (Å²) in [5, 5.41) is 10.1. The summed E-state index contributed by atoms with van der Waals surface area (Å²) in [7, 11) is 1.66. The fourth-order valence-corrected chi connectivity index (χ4v) is 3.39. The Morgan fingerprint density at radius 3 is 2.33 bits per heavy atom. The van der Waals surface area contributed by atoms with E-state index in [2.05, 4.69) is 31.7 Å². The molecule has 0 saturated carbocycles. The lowest BCUT2D eigenvalue weighted by Crippen LogP contribution is -2.38. The van der Waals surface area contributed by atoms with Crippen LogP contribution in [0.25, 0.3) is 0 Å². The second-order valence-electron chi connectivity index (χ2n) is 7.20. The topological polar surface area (TPSA) is 32.7 Å². The Morgan fingerprint density at radius 1 is 1.24 bits per heavy atom. The van der Waals surface area contributed by atoms with Gasteiger partial charge in [-0.05, 0) is 43.2 Å². The van der Waals surface area contributed by atoms with Crippen LogP contribution in [0.1, 0.15) is 52.2 Å². The van der Waals surface area contributed by atoms with Crippen molar-refractivity contribution in [1.29, 1.82) is 0 Å². The van der Waals surface area contributed by atoms with Gasteiger partial charge in [-0.3, -0.25) is 0 Å². The predicted octanol–water partition coefficient (Wildman–Crippen LogP) is 4.01. The molecule has 1 atom stereocenters. The van der Waals surface area contributed by atoms with Crippen LogP contribution < -0.4 is 9.64 Å². The maximum atomic E-state index is 10.1. The maximum Gasteiger partial charge on any atom is 0.126 e. The van der Waals surface area contributed by atoms with Crippen LogP contribution in [0.3, 0.4) is 0 Å². The molecule has 21 heavy (non-hydrogen) atoms. The van der Waals surface area contributed by atoms with Crippen molar-refractivity contribution in [3.05, 3.63) is 23.8 Å². The number of hydrogen-bond donors (Lipinski definition) is 1. The van der Waals surface area contributed by atoms with Crippen LogP contribution in [-0.4, -0.2) is 25.3 Å². The lowest BCUT2D eigenvalue weighted by atomic mass is 9.75. The molecule has 0 aromatic heterocycles. The zero-order valence-corrected chi connectivity index (χ0v) is 14.0. The number of anilines is 1. The predicted molar refractivity (Wildman–Crippen MR) is 88.0 cm³/mol. The molecule has 1 aliphatic rings. The third-order valence-electron chi connectivity index (χ3n) is 4.74. The molecule has 3 nitrogen and oxygen atoms in total. The first-order valence-electron chi connectivity index (χ1n) is 7.94. The van der Waals surface area contributed by atoms with Crippen LogP contribution in [0.4, 0.5) is 5.69 Å². The van der Waals surface area contributed by atoms with E-state index >= 15 is 0 Å². The van der Waals surface area contributed by atoms with Crippen molar-refractivity contribution in [3.63, 3.8) is 0 Å². The molecule has 1 aliphatic heterocycles. The standard InChI is InChI=1S/C18H29NO2/c1-13(20)17-15(7-6-8-16(17)21-5)19-11-9-14(10-12-19)18(2,3)4/h6-8,13-14,20H,9-12H2,1-5H3/t13-/m1/s1. The van der Waals surface area contributed by atoms with Gasteiger partial charge in [0.05, 0.1) is 13.2 Å². The van der Waals surface area contributed by atoms with Gasteiger partial charge < -0.3 is 14.7 Å². The SMILES string of the molecule is COc1cccc(N2CCC(C(C)(C)C)CC2)c1[C@@H](C)O. The van der Waals surface area contributed by atoms with Gasteiger partial charge in [-0.15, -0.1) is 0 Å². The third kappa shape index (κ3) is 3.52. The van der Waals surface area contributed by atoms with Gasteiger partial charge in [0.1, 0.15) is 5.75 Å². The van der Waals surface area contributed by atoms with Gasteiger partial charge in [0.2, 0.25) is 0 Å². The van der Waals surface area contributed by atoms with E-state index in [1.54, 1.807) is 7.11 Å². The van der Waals surface area contributed by atoms with Crippen LogP contribution in [0, 0.1) is 11.3 Å². The van der Waals surface area contributed by atoms with Crippen molar-refractivity contribution in [3.8, 4) is 5.75 Å². The molecular formula is C18H29NO2. The minimum atomic E-state index is -0.517. The molecule has 3 heteroatoms. The average Bonchev–Trinajstić information content (AvgIpc) is 2.45. The molecule has 1 heterocycles. The molecule has 1 N–H and O–H groups in total. The van der Waals surface area contributed by atoms with Gasteiger partial charge in [-0.2, -0.15) is 0 Å². The number of aliphatic hydroxyl groups excluding tert-OH is 1. The first-order chi connectivity index (χ1) is 9.84. The number of piperidine rings is 1. The number of nitrogens with zero attached hydrogens (tertiary/aromatic N) is 1. The van der Waals surface area contributed by atoms with E-state index in [4.69, 9.17) is 4.74 Å². The monoisotopic (exact) mass is 291 g/mol. The molecule has 0 unspecified atom stereocenters. The summed E-state index contributed by atoms with van der Waals surface area (Å²) >= 11 is 0. The van der Waals surface area contributed by atoms with Crippen molar-refractivity contribution < 1.29 is 9.84 Å². The zero-order chi connectivity index (χ0) is 15.6. The van der Waals surface area contributed by atoms with E-state index in [0.29, 0.717) is 5.41 Å². The fourth-order valence-electron chi connectivity index (χ4n) is 3.39. The van der Waals surface area contributed by atoms with Crippen LogP contribution in [0.15, 0.2) is 18.2 Å². The van der Waals surface area contributed by atoms with E-state index in [9.17, 15) is 5.11 Å². The summed E-state index contributed by atoms with van der Waals surface area (Å²) in [6.45, 7) is 10.9. The van der Waals surface area contributed by atoms with Crippen LogP contribution in [0.5, 0.6) is 5.75 Å². The number of ether oxygens (including phenoxy) is 1. The highest BCUT2D eigenvalue weighted by molar-refractivity contribution is 5.60. The first-order valence-corrected chi connectivity index (χ1v) is 7.94. The summed E-state index contributed by atoms with van der Waals surface area (Å²) < 4.78 is 5.43. The Morgan fingerprint density at radius 2 is 1.86 bits per heavy atom. The van der Waals surface area contributed by atoms with Gasteiger partial charge in [0, 0.05) is 24.3 Å². The number of hydrogen-bond acceptors (Lipinski definition) is 3. The van der Waals surface area contributed by atoms with Crippen LogP contribution >= 0.6 is 0 Å². The molecule has 0 radical (unpaired) electrons. The van der Waals surface area contributed by atoms with Crippen molar-refractivity contribution in [1.82, 2.24) is 0 Å². The van der Waals surface area contributed by atoms with Crippen molar-refractivity contribution in [2.24, 2.45) is 11.3 Å². The number of methoxy groups -OCH3 is 1. The second kappa shape index (κ2) is 6.27. The summed E-state index contributed by atoms with van der Waals surface area (Å²) in [5.41, 5.74) is 2.42. The van der Waals surface area contributed by atoms with E-state index in [-0.39, 0.29) is 0 Å². The lowest BCUT2D eigenvalue weighted by Gasteiger charge is -2.40. The number of benzene rings is 1. The Bertz CT molecular complexity index is 469. The maximum absolute atomic E-state index is 10.1. The highest BCUT2D eigenvalue weighted by atomic mass is 16.5. The zero-order valence-electron chi connectivity index (χ0n) is 14.0. The second-order valence-corrected chi connectivity index (χ2v) is 7.20. The van der Waals surface area contributed by atoms with Gasteiger partial charge in [0.15, 0.2) is 0 Å². The van der Waals surface area contributed by atoms with Crippen LogP contribution in [0.2, 0.25) is 0 Å². The first kappa shape index (κ1) is 16.2. The van der Waals surface area contributed by atoms with Gasteiger partial charge >= 0.3 is 0 Å². The molecule has 0 amide bonds. The molecule has 118 valence electrons. The Hall–Kier alpha value is -1.22. The summed E-state index contributed by atoms with van der Waals surface area (Å²) in [5.74, 6) is 1.55. The molecule has 1 saturated heterocycles. The third-order valence-corrected chi connectivity index (χ3v) is 4.74. The highest BCUT2D eigenvalue weighted by Gasteiger charge is 2.30. The van der Waals surface area contributed by atoms with Gasteiger partial charge in [-0.1, -0.05) is 26.8 Å². The van der Waals surface area contributed by atoms with E-state index in [1.807, 2.05) is 19.1 Å². The fraction of sp³-hybridized carbons (Fsp3) is 0.667. The quantitative estimate of drug-likeness (QED) is 0.913. The molecule has 0 spiro atoms. The summed E-state index contributed by atoms with van der Waals surface area (Å²) in [6, 6.07) is 6.03. The lowest BCUT2D eigenvalue weighted by molar-refractivity contribution is 0.190. The van der Waals surface area contributed by atoms with E-state index < -0.39 is 6.10 Å². The van der Waals surface area contributed by atoms with Crippen molar-refractivity contribution >= 4 is 5.69 Å². The molecule has 0 bridgehead atoms. The molecule has 1 aromatic rings. The molecule has 1 fully saturated rings. The van der Waals surface area contributed by atoms with Crippen LogP contribution in [-0.2, 0) is 0 Å². The molecule has 0 aliphatic carbocycles. The minimum Gasteiger partial charge on any atom is -0.496 e. The normalized spacial score (nSPS) is 18.7. The minimum absolute atomic E-state index is 0.383. The summed E-state index contributed by atoms with van der Waals surface area (Å²) in [6.07, 6.45) is 1.90. The Kier molecular flexibility index (Phi) is 4.82.